The van der Waals surface area contributed by atoms with Gasteiger partial charge in [-0.25, -0.2) is 4.99 Å². The van der Waals surface area contributed by atoms with Crippen LogP contribution in [0.15, 0.2) is 53.5 Å². The molecule has 0 fully saturated rings. The molecule has 6 nitrogen and oxygen atoms in total. The van der Waals surface area contributed by atoms with E-state index in [-0.39, 0.29) is 0 Å². The number of guanidine groups is 1. The van der Waals surface area contributed by atoms with Gasteiger partial charge in [-0.3, -0.25) is 0 Å². The molecular weight excluding hydrogens is 354 g/mol. The minimum absolute atomic E-state index is 0.547. The van der Waals surface area contributed by atoms with Gasteiger partial charge in [-0.2, -0.15) is 0 Å². The van der Waals surface area contributed by atoms with Crippen molar-refractivity contribution in [3.63, 3.8) is 0 Å². The number of ether oxygens (including phenoxy) is 3. The molecule has 0 aliphatic carbocycles. The van der Waals surface area contributed by atoms with Crippen molar-refractivity contribution in [2.75, 3.05) is 33.5 Å². The summed E-state index contributed by atoms with van der Waals surface area (Å²) in [5.41, 5.74) is 2.22. The van der Waals surface area contributed by atoms with E-state index in [0.29, 0.717) is 32.9 Å². The third kappa shape index (κ3) is 7.48. The van der Waals surface area contributed by atoms with Crippen LogP contribution in [0.5, 0.6) is 11.5 Å². The second kappa shape index (κ2) is 12.6. The number of aliphatic imine (C=N–C) groups is 1. The Labute approximate surface area is 167 Å². The summed E-state index contributed by atoms with van der Waals surface area (Å²) >= 11 is 0. The molecule has 2 N–H and O–H groups in total. The largest absolute Gasteiger partial charge is 0.494 e. The van der Waals surface area contributed by atoms with E-state index in [4.69, 9.17) is 14.2 Å². The predicted octanol–water partition coefficient (Wildman–Crippen LogP) is 3.37. The topological polar surface area (TPSA) is 64.1 Å². The smallest absolute Gasteiger partial charge is 0.191 e. The molecule has 152 valence electrons. The maximum Gasteiger partial charge on any atom is 0.191 e. The average Bonchev–Trinajstić information content (AvgIpc) is 2.72. The van der Waals surface area contributed by atoms with Gasteiger partial charge in [0, 0.05) is 25.8 Å². The van der Waals surface area contributed by atoms with Crippen LogP contribution in [-0.4, -0.2) is 39.4 Å². The van der Waals surface area contributed by atoms with Gasteiger partial charge in [0.05, 0.1) is 19.8 Å². The first kappa shape index (κ1) is 21.6. The molecule has 2 rings (SSSR count). The van der Waals surface area contributed by atoms with Gasteiger partial charge in [0.1, 0.15) is 18.1 Å². The van der Waals surface area contributed by atoms with Crippen LogP contribution < -0.4 is 20.1 Å². The van der Waals surface area contributed by atoms with Crippen molar-refractivity contribution in [2.45, 2.75) is 26.9 Å². The van der Waals surface area contributed by atoms with Gasteiger partial charge in [-0.15, -0.1) is 0 Å². The Morgan fingerprint density at radius 2 is 1.71 bits per heavy atom. The molecule has 0 amide bonds. The summed E-state index contributed by atoms with van der Waals surface area (Å²) in [6.45, 7) is 7.85. The second-order valence-electron chi connectivity index (χ2n) is 6.07. The molecule has 0 unspecified atom stereocenters. The lowest BCUT2D eigenvalue weighted by Gasteiger charge is -2.14. The number of nitrogens with zero attached hydrogens (tertiary/aromatic N) is 1. The van der Waals surface area contributed by atoms with Crippen molar-refractivity contribution >= 4 is 5.96 Å². The van der Waals surface area contributed by atoms with E-state index in [1.807, 2.05) is 49.4 Å². The molecule has 28 heavy (non-hydrogen) atoms. The van der Waals surface area contributed by atoms with Crippen molar-refractivity contribution < 1.29 is 14.2 Å². The van der Waals surface area contributed by atoms with Crippen molar-refractivity contribution in [1.29, 1.82) is 0 Å². The Morgan fingerprint density at radius 1 is 0.929 bits per heavy atom. The number of hydrogen-bond acceptors (Lipinski definition) is 4. The second-order valence-corrected chi connectivity index (χ2v) is 6.07. The van der Waals surface area contributed by atoms with Gasteiger partial charge < -0.3 is 24.8 Å². The number of para-hydroxylation sites is 1. The van der Waals surface area contributed by atoms with Crippen LogP contribution in [0.25, 0.3) is 0 Å². The maximum atomic E-state index is 5.68. The third-order valence-corrected chi connectivity index (χ3v) is 3.96. The summed E-state index contributed by atoms with van der Waals surface area (Å²) in [5.74, 6) is 2.51. The lowest BCUT2D eigenvalue weighted by Crippen LogP contribution is -2.36. The predicted molar refractivity (Wildman–Crippen MR) is 113 cm³/mol. The molecule has 0 spiro atoms. The fourth-order valence-corrected chi connectivity index (χ4v) is 2.57. The highest BCUT2D eigenvalue weighted by Crippen LogP contribution is 2.17. The molecule has 0 bridgehead atoms. The summed E-state index contributed by atoms with van der Waals surface area (Å²) < 4.78 is 16.3. The molecule has 0 atom stereocenters. The van der Waals surface area contributed by atoms with Crippen LogP contribution in [0, 0.1) is 0 Å². The molecule has 0 radical (unpaired) electrons. The van der Waals surface area contributed by atoms with E-state index >= 15 is 0 Å². The van der Waals surface area contributed by atoms with Crippen LogP contribution in [0.3, 0.4) is 0 Å². The van der Waals surface area contributed by atoms with Crippen molar-refractivity contribution in [2.24, 2.45) is 4.99 Å². The van der Waals surface area contributed by atoms with Crippen LogP contribution in [0.1, 0.15) is 25.0 Å². The quantitative estimate of drug-likeness (QED) is 0.353. The van der Waals surface area contributed by atoms with Gasteiger partial charge in [0.15, 0.2) is 5.96 Å². The molecule has 0 aliphatic rings. The zero-order valence-corrected chi connectivity index (χ0v) is 17.0. The summed E-state index contributed by atoms with van der Waals surface area (Å²) in [7, 11) is 1.66. The highest BCUT2D eigenvalue weighted by Gasteiger charge is 2.04. The first-order valence-electron chi connectivity index (χ1n) is 9.70. The van der Waals surface area contributed by atoms with Gasteiger partial charge in [0.25, 0.3) is 0 Å². The molecule has 2 aromatic carbocycles. The Morgan fingerprint density at radius 3 is 2.43 bits per heavy atom. The lowest BCUT2D eigenvalue weighted by molar-refractivity contribution is 0.146. The van der Waals surface area contributed by atoms with Crippen molar-refractivity contribution in [3.8, 4) is 11.5 Å². The molecule has 0 aliphatic heterocycles. The average molecular weight is 386 g/mol. The molecular formula is C22H31N3O3. The van der Waals surface area contributed by atoms with Crippen LogP contribution in [0.2, 0.25) is 0 Å². The Balaban J connectivity index is 1.93. The number of methoxy groups -OCH3 is 1. The fraction of sp³-hybridized carbons (Fsp3) is 0.409. The van der Waals surface area contributed by atoms with Crippen LogP contribution >= 0.6 is 0 Å². The summed E-state index contributed by atoms with van der Waals surface area (Å²) in [4.78, 5) is 4.67. The van der Waals surface area contributed by atoms with Crippen LogP contribution in [0.4, 0.5) is 0 Å². The molecule has 0 saturated carbocycles. The van der Waals surface area contributed by atoms with E-state index in [1.54, 1.807) is 7.11 Å². The maximum absolute atomic E-state index is 5.68. The highest BCUT2D eigenvalue weighted by atomic mass is 16.5. The third-order valence-electron chi connectivity index (χ3n) is 3.96. The van der Waals surface area contributed by atoms with E-state index < -0.39 is 0 Å². The van der Waals surface area contributed by atoms with E-state index in [0.717, 1.165) is 35.1 Å². The SMILES string of the molecule is CCNC(=NCc1ccc(OCCOC)cc1)NCc1ccccc1OCC. The lowest BCUT2D eigenvalue weighted by atomic mass is 10.2. The fourth-order valence-electron chi connectivity index (χ4n) is 2.57. The standard InChI is InChI=1S/C22H31N3O3/c1-4-23-22(25-17-19-8-6-7-9-21(19)27-5-2)24-16-18-10-12-20(13-11-18)28-15-14-26-3/h6-13H,4-5,14-17H2,1-3H3,(H2,23,24,25). The summed E-state index contributed by atoms with van der Waals surface area (Å²) in [6, 6.07) is 16.0. The normalized spacial score (nSPS) is 11.2. The van der Waals surface area contributed by atoms with Crippen molar-refractivity contribution in [3.05, 3.63) is 59.7 Å². The number of rotatable bonds is 11. The minimum atomic E-state index is 0.547. The first-order chi connectivity index (χ1) is 13.8. The Bertz CT molecular complexity index is 717. The van der Waals surface area contributed by atoms with Gasteiger partial charge in [-0.05, 0) is 37.6 Å². The summed E-state index contributed by atoms with van der Waals surface area (Å²) in [5, 5.41) is 6.65. The first-order valence-corrected chi connectivity index (χ1v) is 9.70. The molecule has 6 heteroatoms. The zero-order chi connectivity index (χ0) is 20.0. The van der Waals surface area contributed by atoms with E-state index in [2.05, 4.69) is 28.6 Å². The number of hydrogen-bond donors (Lipinski definition) is 2. The molecule has 0 saturated heterocycles. The van der Waals surface area contributed by atoms with Gasteiger partial charge >= 0.3 is 0 Å². The monoisotopic (exact) mass is 385 g/mol. The molecule has 0 heterocycles. The van der Waals surface area contributed by atoms with Gasteiger partial charge in [-0.1, -0.05) is 30.3 Å². The molecule has 0 aromatic heterocycles. The van der Waals surface area contributed by atoms with Gasteiger partial charge in [0.2, 0.25) is 0 Å². The van der Waals surface area contributed by atoms with E-state index in [1.165, 1.54) is 0 Å². The van der Waals surface area contributed by atoms with E-state index in [9.17, 15) is 0 Å². The molecule has 2 aromatic rings. The zero-order valence-electron chi connectivity index (χ0n) is 17.0. The number of nitrogens with one attached hydrogen (secondary N) is 2. The number of benzene rings is 2. The Kier molecular flexibility index (Phi) is 9.72. The summed E-state index contributed by atoms with van der Waals surface area (Å²) in [6.07, 6.45) is 0. The Hall–Kier alpha value is -2.73. The van der Waals surface area contributed by atoms with Crippen LogP contribution in [-0.2, 0) is 17.8 Å². The minimum Gasteiger partial charge on any atom is -0.494 e. The van der Waals surface area contributed by atoms with Crippen molar-refractivity contribution in [1.82, 2.24) is 10.6 Å². The highest BCUT2D eigenvalue weighted by molar-refractivity contribution is 5.79.